The number of hydrogen-bond acceptors (Lipinski definition) is 3. The van der Waals surface area contributed by atoms with Gasteiger partial charge in [0.1, 0.15) is 6.04 Å². The highest BCUT2D eigenvalue weighted by atomic mass is 35.5. The summed E-state index contributed by atoms with van der Waals surface area (Å²) >= 11 is 19.9. The molecular formula is C23H27Cl3N2O2S. The highest BCUT2D eigenvalue weighted by Crippen LogP contribution is 2.28. The smallest absolute Gasteiger partial charge is 0.242 e. The van der Waals surface area contributed by atoms with Crippen LogP contribution in [-0.2, 0) is 21.9 Å². The number of amides is 2. The second kappa shape index (κ2) is 13.2. The largest absolute Gasteiger partial charge is 0.354 e. The number of nitrogens with zero attached hydrogens (tertiary/aromatic N) is 1. The summed E-state index contributed by atoms with van der Waals surface area (Å²) in [6, 6.07) is 12.1. The zero-order valence-electron chi connectivity index (χ0n) is 17.7. The molecule has 2 aromatic rings. The maximum absolute atomic E-state index is 13.2. The van der Waals surface area contributed by atoms with E-state index in [-0.39, 0.29) is 17.6 Å². The van der Waals surface area contributed by atoms with Gasteiger partial charge in [-0.25, -0.2) is 0 Å². The summed E-state index contributed by atoms with van der Waals surface area (Å²) in [5.41, 5.74) is 1.72. The standard InChI is InChI=1S/C23H27Cl3N2O2S/c1-3-12-27-23(30)21(4-2)28(13-16-8-10-17(24)11-9-16)22(29)15-31-14-18-19(25)6-5-7-20(18)26/h5-11,21H,3-4,12-15H2,1-2H3,(H,27,30)/t21-/m1/s1. The molecule has 0 radical (unpaired) electrons. The first kappa shape index (κ1) is 25.9. The first-order valence-electron chi connectivity index (χ1n) is 10.2. The van der Waals surface area contributed by atoms with Crippen molar-refractivity contribution in [2.75, 3.05) is 12.3 Å². The molecule has 0 unspecified atom stereocenters. The van der Waals surface area contributed by atoms with Crippen LogP contribution in [0.4, 0.5) is 0 Å². The summed E-state index contributed by atoms with van der Waals surface area (Å²) in [5.74, 6) is 0.484. The van der Waals surface area contributed by atoms with Gasteiger partial charge < -0.3 is 10.2 Å². The number of hydrogen-bond donors (Lipinski definition) is 1. The van der Waals surface area contributed by atoms with E-state index in [0.29, 0.717) is 40.3 Å². The van der Waals surface area contributed by atoms with Crippen molar-refractivity contribution in [1.82, 2.24) is 10.2 Å². The van der Waals surface area contributed by atoms with Gasteiger partial charge in [-0.15, -0.1) is 11.8 Å². The molecule has 0 saturated carbocycles. The van der Waals surface area contributed by atoms with Crippen molar-refractivity contribution in [2.45, 2.75) is 45.0 Å². The summed E-state index contributed by atoms with van der Waals surface area (Å²) in [6.45, 7) is 4.82. The van der Waals surface area contributed by atoms with E-state index in [1.165, 1.54) is 11.8 Å². The molecule has 0 aliphatic rings. The fourth-order valence-electron chi connectivity index (χ4n) is 3.07. The average molecular weight is 502 g/mol. The van der Waals surface area contributed by atoms with Crippen molar-refractivity contribution in [2.24, 2.45) is 0 Å². The van der Waals surface area contributed by atoms with Gasteiger partial charge in [0.15, 0.2) is 0 Å². The van der Waals surface area contributed by atoms with Crippen LogP contribution in [-0.4, -0.2) is 35.1 Å². The van der Waals surface area contributed by atoms with Crippen LogP contribution in [0, 0.1) is 0 Å². The zero-order chi connectivity index (χ0) is 22.8. The molecule has 0 aliphatic heterocycles. The highest BCUT2D eigenvalue weighted by molar-refractivity contribution is 7.99. The van der Waals surface area contributed by atoms with Gasteiger partial charge in [0.2, 0.25) is 11.8 Å². The molecule has 2 amide bonds. The lowest BCUT2D eigenvalue weighted by atomic mass is 10.1. The Morgan fingerprint density at radius 3 is 2.26 bits per heavy atom. The van der Waals surface area contributed by atoms with Gasteiger partial charge in [-0.1, -0.05) is 66.8 Å². The van der Waals surface area contributed by atoms with Crippen LogP contribution >= 0.6 is 46.6 Å². The van der Waals surface area contributed by atoms with E-state index in [0.717, 1.165) is 17.5 Å². The highest BCUT2D eigenvalue weighted by Gasteiger charge is 2.28. The van der Waals surface area contributed by atoms with Gasteiger partial charge in [-0.3, -0.25) is 9.59 Å². The summed E-state index contributed by atoms with van der Waals surface area (Å²) in [4.78, 5) is 27.6. The molecule has 0 heterocycles. The van der Waals surface area contributed by atoms with Crippen molar-refractivity contribution >= 4 is 58.4 Å². The average Bonchev–Trinajstić information content (AvgIpc) is 2.75. The lowest BCUT2D eigenvalue weighted by molar-refractivity contribution is -0.139. The molecule has 4 nitrogen and oxygen atoms in total. The topological polar surface area (TPSA) is 49.4 Å². The van der Waals surface area contributed by atoms with Crippen molar-refractivity contribution in [3.05, 3.63) is 68.7 Å². The molecule has 8 heteroatoms. The molecule has 0 spiro atoms. The number of carbonyl (C=O) groups is 2. The van der Waals surface area contributed by atoms with E-state index >= 15 is 0 Å². The van der Waals surface area contributed by atoms with Gasteiger partial charge in [-0.05, 0) is 48.2 Å². The Hall–Kier alpha value is -1.40. The molecular weight excluding hydrogens is 475 g/mol. The minimum atomic E-state index is -0.542. The predicted octanol–water partition coefficient (Wildman–Crippen LogP) is 6.21. The fraction of sp³-hybridized carbons (Fsp3) is 0.391. The van der Waals surface area contributed by atoms with Crippen LogP contribution in [0.15, 0.2) is 42.5 Å². The van der Waals surface area contributed by atoms with E-state index in [9.17, 15) is 9.59 Å². The molecule has 168 valence electrons. The van der Waals surface area contributed by atoms with Crippen LogP contribution < -0.4 is 5.32 Å². The number of thioether (sulfide) groups is 1. The fourth-order valence-corrected chi connectivity index (χ4v) is 4.84. The van der Waals surface area contributed by atoms with Crippen LogP contribution in [0.2, 0.25) is 15.1 Å². The van der Waals surface area contributed by atoms with Gasteiger partial charge in [0.05, 0.1) is 5.75 Å². The van der Waals surface area contributed by atoms with Crippen molar-refractivity contribution in [3.8, 4) is 0 Å². The van der Waals surface area contributed by atoms with Crippen LogP contribution in [0.1, 0.15) is 37.8 Å². The summed E-state index contributed by atoms with van der Waals surface area (Å²) in [7, 11) is 0. The SMILES string of the molecule is CCCNC(=O)[C@@H](CC)N(Cc1ccc(Cl)cc1)C(=O)CSCc1c(Cl)cccc1Cl. The minimum Gasteiger partial charge on any atom is -0.354 e. The lowest BCUT2D eigenvalue weighted by Gasteiger charge is -2.30. The van der Waals surface area contributed by atoms with E-state index in [1.54, 1.807) is 35.2 Å². The third-order valence-electron chi connectivity index (χ3n) is 4.73. The van der Waals surface area contributed by atoms with Crippen molar-refractivity contribution in [1.29, 1.82) is 0 Å². The van der Waals surface area contributed by atoms with E-state index in [4.69, 9.17) is 34.8 Å². The molecule has 1 atom stereocenters. The number of benzene rings is 2. The molecule has 2 rings (SSSR count). The molecule has 0 fully saturated rings. The molecule has 0 bridgehead atoms. The van der Waals surface area contributed by atoms with E-state index in [2.05, 4.69) is 5.32 Å². The van der Waals surface area contributed by atoms with E-state index < -0.39 is 6.04 Å². The van der Waals surface area contributed by atoms with Crippen LogP contribution in [0.25, 0.3) is 0 Å². The Labute approximate surface area is 203 Å². The molecule has 31 heavy (non-hydrogen) atoms. The third-order valence-corrected chi connectivity index (χ3v) is 6.64. The lowest BCUT2D eigenvalue weighted by Crippen LogP contribution is -2.49. The number of nitrogens with one attached hydrogen (secondary N) is 1. The molecule has 0 saturated heterocycles. The second-order valence-corrected chi connectivity index (χ2v) is 9.29. The Bertz CT molecular complexity index is 857. The Balaban J connectivity index is 2.14. The zero-order valence-corrected chi connectivity index (χ0v) is 20.8. The Morgan fingerprint density at radius 1 is 1.03 bits per heavy atom. The summed E-state index contributed by atoms with van der Waals surface area (Å²) < 4.78 is 0. The summed E-state index contributed by atoms with van der Waals surface area (Å²) in [5, 5.41) is 4.70. The second-order valence-electron chi connectivity index (χ2n) is 7.06. The normalized spacial score (nSPS) is 11.8. The number of halogens is 3. The summed E-state index contributed by atoms with van der Waals surface area (Å²) in [6.07, 6.45) is 1.36. The quantitative estimate of drug-likeness (QED) is 0.398. The molecule has 2 aromatic carbocycles. The van der Waals surface area contributed by atoms with Crippen LogP contribution in [0.5, 0.6) is 0 Å². The number of carbonyl (C=O) groups excluding carboxylic acids is 2. The predicted molar refractivity (Wildman–Crippen MR) is 132 cm³/mol. The first-order valence-corrected chi connectivity index (χ1v) is 12.5. The van der Waals surface area contributed by atoms with Crippen molar-refractivity contribution in [3.63, 3.8) is 0 Å². The van der Waals surface area contributed by atoms with Gasteiger partial charge in [0, 0.05) is 33.9 Å². The van der Waals surface area contributed by atoms with Crippen LogP contribution in [0.3, 0.4) is 0 Å². The molecule has 0 aliphatic carbocycles. The van der Waals surface area contributed by atoms with E-state index in [1.807, 2.05) is 26.0 Å². The maximum atomic E-state index is 13.2. The maximum Gasteiger partial charge on any atom is 0.242 e. The molecule has 0 aromatic heterocycles. The van der Waals surface area contributed by atoms with Gasteiger partial charge >= 0.3 is 0 Å². The Morgan fingerprint density at radius 2 is 1.68 bits per heavy atom. The monoisotopic (exact) mass is 500 g/mol. The minimum absolute atomic E-state index is 0.110. The Kier molecular flexibility index (Phi) is 11.0. The molecule has 1 N–H and O–H groups in total. The van der Waals surface area contributed by atoms with Gasteiger partial charge in [-0.2, -0.15) is 0 Å². The number of rotatable bonds is 11. The van der Waals surface area contributed by atoms with Crippen molar-refractivity contribution < 1.29 is 9.59 Å². The van der Waals surface area contributed by atoms with Gasteiger partial charge in [0.25, 0.3) is 0 Å². The third kappa shape index (κ3) is 7.90. The first-order chi connectivity index (χ1) is 14.9.